The van der Waals surface area contributed by atoms with Gasteiger partial charge in [-0.05, 0) is 0 Å². The average Bonchev–Trinajstić information content (AvgIpc) is 2.23. The molecule has 12 heavy (non-hydrogen) atoms. The molecule has 0 aliphatic carbocycles. The Morgan fingerprint density at radius 1 is 1.42 bits per heavy atom. The number of rotatable bonds is 1. The third-order valence-electron chi connectivity index (χ3n) is 1.79. The van der Waals surface area contributed by atoms with Crippen LogP contribution in [0.2, 0.25) is 0 Å². The Bertz CT molecular complexity index is 337. The molecule has 0 saturated heterocycles. The SMILES string of the molecule is [B]=C=CC1=C(C)C(=O)N(C)C1=O. The fourth-order valence-electron chi connectivity index (χ4n) is 1.05. The van der Waals surface area contributed by atoms with Crippen LogP contribution in [0.3, 0.4) is 0 Å². The van der Waals surface area contributed by atoms with Crippen LogP contribution >= 0.6 is 0 Å². The number of amides is 2. The zero-order valence-corrected chi connectivity index (χ0v) is 6.92. The van der Waals surface area contributed by atoms with Crippen LogP contribution in [0, 0.1) is 0 Å². The van der Waals surface area contributed by atoms with Crippen molar-refractivity contribution >= 4 is 24.9 Å². The number of carbonyl (C=O) groups excluding carboxylic acids is 2. The van der Waals surface area contributed by atoms with E-state index in [1.165, 1.54) is 13.1 Å². The Labute approximate surface area is 71.4 Å². The van der Waals surface area contributed by atoms with Crippen LogP contribution in [0.15, 0.2) is 17.2 Å². The predicted molar refractivity (Wildman–Crippen MR) is 45.8 cm³/mol. The summed E-state index contributed by atoms with van der Waals surface area (Å²) in [7, 11) is 6.44. The van der Waals surface area contributed by atoms with Crippen molar-refractivity contribution < 1.29 is 9.59 Å². The van der Waals surface area contributed by atoms with Crippen molar-refractivity contribution in [1.29, 1.82) is 0 Å². The summed E-state index contributed by atoms with van der Waals surface area (Å²) in [4.78, 5) is 23.4. The van der Waals surface area contributed by atoms with Crippen LogP contribution in [0.25, 0.3) is 0 Å². The van der Waals surface area contributed by atoms with Crippen LogP contribution in [-0.2, 0) is 9.59 Å². The third-order valence-corrected chi connectivity index (χ3v) is 1.79. The molecule has 2 amide bonds. The van der Waals surface area contributed by atoms with Crippen molar-refractivity contribution in [3.8, 4) is 0 Å². The molecule has 0 N–H and O–H groups in total. The minimum absolute atomic E-state index is 0.276. The van der Waals surface area contributed by atoms with Crippen molar-refractivity contribution in [1.82, 2.24) is 4.90 Å². The van der Waals surface area contributed by atoms with Gasteiger partial charge in [-0.25, -0.2) is 0 Å². The molecule has 0 unspecified atom stereocenters. The first kappa shape index (κ1) is 8.69. The van der Waals surface area contributed by atoms with Crippen molar-refractivity contribution in [2.75, 3.05) is 7.05 Å². The second kappa shape index (κ2) is 2.91. The van der Waals surface area contributed by atoms with Crippen molar-refractivity contribution in [3.05, 3.63) is 17.2 Å². The summed E-state index contributed by atoms with van der Waals surface area (Å²) in [5.41, 5.74) is 2.97. The predicted octanol–water partition coefficient (Wildman–Crippen LogP) is -0.573. The van der Waals surface area contributed by atoms with Gasteiger partial charge in [-0.1, -0.05) is 0 Å². The second-order valence-corrected chi connectivity index (χ2v) is 2.52. The Balaban J connectivity index is 3.21. The number of hydrogen-bond donors (Lipinski definition) is 0. The summed E-state index contributed by atoms with van der Waals surface area (Å²) in [6.45, 7) is 1.59. The van der Waals surface area contributed by atoms with Crippen molar-refractivity contribution in [3.63, 3.8) is 0 Å². The van der Waals surface area contributed by atoms with E-state index in [-0.39, 0.29) is 11.8 Å². The van der Waals surface area contributed by atoms with Crippen LogP contribution in [0.5, 0.6) is 0 Å². The molecule has 0 spiro atoms. The molecule has 0 aromatic carbocycles. The van der Waals surface area contributed by atoms with Gasteiger partial charge in [0.1, 0.15) is 0 Å². The number of likely N-dealkylation sites (N-methyl/N-ethyl adjacent to an activating group) is 1. The van der Waals surface area contributed by atoms with Crippen LogP contribution in [0.4, 0.5) is 0 Å². The topological polar surface area (TPSA) is 37.4 Å². The summed E-state index contributed by atoms with van der Waals surface area (Å²) in [5, 5.41) is 0. The molecule has 0 aromatic rings. The zero-order valence-electron chi connectivity index (χ0n) is 6.92. The molecule has 1 rings (SSSR count). The van der Waals surface area contributed by atoms with Crippen LogP contribution in [-0.4, -0.2) is 36.9 Å². The van der Waals surface area contributed by atoms with Gasteiger partial charge in [0.05, 0.1) is 0 Å². The monoisotopic (exact) mass is 160 g/mol. The van der Waals surface area contributed by atoms with Crippen molar-refractivity contribution in [2.45, 2.75) is 6.92 Å². The molecular weight excluding hydrogens is 153 g/mol. The standard InChI is InChI=1S/C8H7BNO2/c1-5-6(3-4-9)8(12)10(2)7(5)11/h3H,1-2H3. The summed E-state index contributed by atoms with van der Waals surface area (Å²) in [5.74, 6) is -0.600. The molecular formula is C8H7BNO2. The Hall–Kier alpha value is -1.41. The molecule has 0 atom stereocenters. The van der Waals surface area contributed by atoms with E-state index in [0.29, 0.717) is 11.1 Å². The van der Waals surface area contributed by atoms with E-state index in [9.17, 15) is 9.59 Å². The summed E-state index contributed by atoms with van der Waals surface area (Å²) in [6, 6.07) is 0. The molecule has 0 bridgehead atoms. The fourth-order valence-corrected chi connectivity index (χ4v) is 1.05. The van der Waals surface area contributed by atoms with E-state index in [1.54, 1.807) is 6.92 Å². The molecule has 1 heterocycles. The molecule has 3 nitrogen and oxygen atoms in total. The van der Waals surface area contributed by atoms with E-state index in [1.807, 2.05) is 0 Å². The molecule has 1 aliphatic rings. The van der Waals surface area contributed by atoms with E-state index >= 15 is 0 Å². The summed E-state index contributed by atoms with van der Waals surface area (Å²) in [6.07, 6.45) is 1.32. The van der Waals surface area contributed by atoms with Crippen LogP contribution < -0.4 is 0 Å². The second-order valence-electron chi connectivity index (χ2n) is 2.52. The summed E-state index contributed by atoms with van der Waals surface area (Å²) < 4.78 is 0. The van der Waals surface area contributed by atoms with Gasteiger partial charge < -0.3 is 0 Å². The first-order valence-electron chi connectivity index (χ1n) is 3.42. The van der Waals surface area contributed by atoms with Crippen LogP contribution in [0.1, 0.15) is 6.92 Å². The first-order valence-corrected chi connectivity index (χ1v) is 3.42. The van der Waals surface area contributed by atoms with Gasteiger partial charge in [-0.15, -0.1) is 0 Å². The van der Waals surface area contributed by atoms with E-state index in [4.69, 9.17) is 7.49 Å². The molecule has 0 saturated carbocycles. The van der Waals surface area contributed by atoms with Gasteiger partial charge in [-0.2, -0.15) is 0 Å². The molecule has 1 radical (unpaired) electrons. The molecule has 59 valence electrons. The minimum atomic E-state index is -0.324. The number of hydrogen-bond acceptors (Lipinski definition) is 2. The van der Waals surface area contributed by atoms with Gasteiger partial charge in [0.2, 0.25) is 0 Å². The average molecular weight is 160 g/mol. The number of imide groups is 1. The molecule has 0 aromatic heterocycles. The first-order chi connectivity index (χ1) is 5.59. The molecule has 0 fully saturated rings. The van der Waals surface area contributed by atoms with E-state index < -0.39 is 0 Å². The van der Waals surface area contributed by atoms with E-state index in [2.05, 4.69) is 5.62 Å². The Morgan fingerprint density at radius 3 is 2.33 bits per heavy atom. The quantitative estimate of drug-likeness (QED) is 0.380. The van der Waals surface area contributed by atoms with Gasteiger partial charge in [0.25, 0.3) is 0 Å². The maximum atomic E-state index is 11.2. The van der Waals surface area contributed by atoms with E-state index in [0.717, 1.165) is 4.90 Å². The normalized spacial score (nSPS) is 16.9. The summed E-state index contributed by atoms with van der Waals surface area (Å²) >= 11 is 0. The van der Waals surface area contributed by atoms with Gasteiger partial charge in [0, 0.05) is 0 Å². The molecule has 4 heteroatoms. The van der Waals surface area contributed by atoms with Gasteiger partial charge in [-0.3, -0.25) is 0 Å². The maximum absolute atomic E-state index is 11.2. The Kier molecular flexibility index (Phi) is 2.11. The fraction of sp³-hybridized carbons (Fsp3) is 0.250. The number of nitrogens with zero attached hydrogens (tertiary/aromatic N) is 1. The van der Waals surface area contributed by atoms with Gasteiger partial charge >= 0.3 is 70.6 Å². The Morgan fingerprint density at radius 2 is 2.00 bits per heavy atom. The third kappa shape index (κ3) is 1.06. The number of carbonyl (C=O) groups is 2. The van der Waals surface area contributed by atoms with Gasteiger partial charge in [0.15, 0.2) is 0 Å². The molecule has 1 aliphatic heterocycles. The zero-order chi connectivity index (χ0) is 9.30. The van der Waals surface area contributed by atoms with Crippen molar-refractivity contribution in [2.24, 2.45) is 0 Å².